The van der Waals surface area contributed by atoms with Gasteiger partial charge >= 0.3 is 12.6 Å². The monoisotopic (exact) mass is 399 g/mol. The Morgan fingerprint density at radius 3 is 2.44 bits per heavy atom. The molecule has 0 heterocycles. The van der Waals surface area contributed by atoms with Gasteiger partial charge in [0.2, 0.25) is 0 Å². The molecule has 6 nitrogen and oxygen atoms in total. The van der Waals surface area contributed by atoms with Gasteiger partial charge < -0.3 is 19.5 Å². The molecule has 0 spiro atoms. The van der Waals surface area contributed by atoms with Crippen molar-refractivity contribution in [2.75, 3.05) is 19.8 Å². The number of carbonyl (C=O) groups excluding carboxylic acids is 2. The van der Waals surface area contributed by atoms with E-state index in [0.29, 0.717) is 10.8 Å². The lowest BCUT2D eigenvalue weighted by molar-refractivity contribution is -0.143. The Kier molecular flexibility index (Phi) is 7.81. The number of rotatable bonds is 9. The van der Waals surface area contributed by atoms with Crippen LogP contribution in [0.25, 0.3) is 0 Å². The molecule has 0 aromatic heterocycles. The largest absolute Gasteiger partial charge is 0.490 e. The van der Waals surface area contributed by atoms with Gasteiger partial charge in [0.05, 0.1) is 5.56 Å². The van der Waals surface area contributed by atoms with Crippen molar-refractivity contribution >= 4 is 23.5 Å². The molecule has 0 unspecified atom stereocenters. The quantitative estimate of drug-likeness (QED) is 0.517. The van der Waals surface area contributed by atoms with Gasteiger partial charge in [-0.25, -0.2) is 0 Å². The minimum absolute atomic E-state index is 0.0254. The Bertz CT molecular complexity index is 771. The Balaban J connectivity index is 1.72. The summed E-state index contributed by atoms with van der Waals surface area (Å²) in [6.07, 6.45) is 0. The summed E-state index contributed by atoms with van der Waals surface area (Å²) in [4.78, 5) is 23.7. The second kappa shape index (κ2) is 10.3. The summed E-state index contributed by atoms with van der Waals surface area (Å²) >= 11 is 5.75. The molecule has 0 saturated heterocycles. The summed E-state index contributed by atoms with van der Waals surface area (Å²) in [6, 6.07) is 12.1. The van der Waals surface area contributed by atoms with Crippen LogP contribution in [0.2, 0.25) is 5.02 Å². The molecular formula is C18H16ClF2NO5. The van der Waals surface area contributed by atoms with E-state index in [1.54, 1.807) is 24.3 Å². The van der Waals surface area contributed by atoms with Gasteiger partial charge in [-0.05, 0) is 36.4 Å². The van der Waals surface area contributed by atoms with E-state index in [0.717, 1.165) is 0 Å². The number of carbonyl (C=O) groups is 2. The summed E-state index contributed by atoms with van der Waals surface area (Å²) in [5.41, 5.74) is -0.114. The Labute approximate surface area is 159 Å². The van der Waals surface area contributed by atoms with Crippen LogP contribution < -0.4 is 14.8 Å². The lowest BCUT2D eigenvalue weighted by atomic mass is 10.2. The first-order valence-electron chi connectivity index (χ1n) is 7.81. The fourth-order valence-electron chi connectivity index (χ4n) is 2.00. The molecule has 0 aliphatic heterocycles. The average molecular weight is 400 g/mol. The van der Waals surface area contributed by atoms with E-state index in [2.05, 4.69) is 10.1 Å². The lowest BCUT2D eigenvalue weighted by Crippen LogP contribution is -2.31. The van der Waals surface area contributed by atoms with Gasteiger partial charge in [-0.1, -0.05) is 23.7 Å². The first kappa shape index (κ1) is 20.4. The summed E-state index contributed by atoms with van der Waals surface area (Å²) < 4.78 is 39.2. The molecule has 0 radical (unpaired) electrons. The fourth-order valence-corrected chi connectivity index (χ4v) is 2.12. The van der Waals surface area contributed by atoms with Gasteiger partial charge in [-0.3, -0.25) is 9.59 Å². The summed E-state index contributed by atoms with van der Waals surface area (Å²) in [5.74, 6) is -1.15. The van der Waals surface area contributed by atoms with Crippen molar-refractivity contribution in [2.45, 2.75) is 6.61 Å². The Morgan fingerprint density at radius 2 is 1.74 bits per heavy atom. The molecule has 0 fully saturated rings. The number of para-hydroxylation sites is 1. The highest BCUT2D eigenvalue weighted by molar-refractivity contribution is 6.30. The summed E-state index contributed by atoms with van der Waals surface area (Å²) in [7, 11) is 0. The molecule has 2 aromatic rings. The minimum atomic E-state index is -3.07. The van der Waals surface area contributed by atoms with E-state index >= 15 is 0 Å². The first-order chi connectivity index (χ1) is 13.0. The van der Waals surface area contributed by atoms with Crippen molar-refractivity contribution in [1.82, 2.24) is 5.32 Å². The Morgan fingerprint density at radius 1 is 1.04 bits per heavy atom. The molecule has 2 rings (SSSR count). The molecule has 27 heavy (non-hydrogen) atoms. The van der Waals surface area contributed by atoms with Gasteiger partial charge in [0, 0.05) is 5.02 Å². The number of amides is 1. The van der Waals surface area contributed by atoms with Crippen molar-refractivity contribution in [1.29, 1.82) is 0 Å². The van der Waals surface area contributed by atoms with Crippen LogP contribution in [0.15, 0.2) is 48.5 Å². The molecular weight excluding hydrogens is 384 g/mol. The molecule has 0 atom stereocenters. The molecule has 0 aliphatic rings. The van der Waals surface area contributed by atoms with Crippen molar-refractivity contribution in [3.63, 3.8) is 0 Å². The van der Waals surface area contributed by atoms with Crippen LogP contribution in [0.4, 0.5) is 8.78 Å². The average Bonchev–Trinajstić information content (AvgIpc) is 2.64. The SMILES string of the molecule is O=C(CNC(=O)c1ccccc1OC(F)F)OCCOc1ccc(Cl)cc1. The van der Waals surface area contributed by atoms with Crippen LogP contribution in [-0.4, -0.2) is 38.2 Å². The zero-order valence-electron chi connectivity index (χ0n) is 14.0. The third kappa shape index (κ3) is 7.10. The molecule has 1 N–H and O–H groups in total. The summed E-state index contributed by atoms with van der Waals surface area (Å²) in [6.45, 7) is -3.40. The maximum Gasteiger partial charge on any atom is 0.387 e. The number of esters is 1. The van der Waals surface area contributed by atoms with Gasteiger partial charge in [-0.2, -0.15) is 8.78 Å². The third-order valence-electron chi connectivity index (χ3n) is 3.17. The second-order valence-corrected chi connectivity index (χ2v) is 5.52. The predicted molar refractivity (Wildman–Crippen MR) is 93.3 cm³/mol. The number of alkyl halides is 2. The molecule has 0 aliphatic carbocycles. The van der Waals surface area contributed by atoms with Gasteiger partial charge in [0.25, 0.3) is 5.91 Å². The highest BCUT2D eigenvalue weighted by atomic mass is 35.5. The standard InChI is InChI=1S/C18H16ClF2NO5/c19-12-5-7-13(8-6-12)25-9-10-26-16(23)11-22-17(24)14-3-1-2-4-15(14)27-18(20)21/h1-8,18H,9-11H2,(H,22,24). The third-order valence-corrected chi connectivity index (χ3v) is 3.42. The molecule has 144 valence electrons. The molecule has 0 bridgehead atoms. The maximum atomic E-state index is 12.3. The normalized spacial score (nSPS) is 10.4. The van der Waals surface area contributed by atoms with Crippen molar-refractivity contribution < 1.29 is 32.6 Å². The highest BCUT2D eigenvalue weighted by Gasteiger charge is 2.16. The molecule has 2 aromatic carbocycles. The lowest BCUT2D eigenvalue weighted by Gasteiger charge is -2.11. The number of ether oxygens (including phenoxy) is 3. The maximum absolute atomic E-state index is 12.3. The van der Waals surface area contributed by atoms with E-state index in [4.69, 9.17) is 21.1 Å². The van der Waals surface area contributed by atoms with Gasteiger partial charge in [0.15, 0.2) is 0 Å². The van der Waals surface area contributed by atoms with Crippen LogP contribution in [0.5, 0.6) is 11.5 Å². The summed E-state index contributed by atoms with van der Waals surface area (Å²) in [5, 5.41) is 2.86. The van der Waals surface area contributed by atoms with E-state index < -0.39 is 25.0 Å². The predicted octanol–water partition coefficient (Wildman–Crippen LogP) is 3.29. The topological polar surface area (TPSA) is 73.9 Å². The zero-order valence-corrected chi connectivity index (χ0v) is 14.7. The van der Waals surface area contributed by atoms with Crippen LogP contribution in [0.1, 0.15) is 10.4 Å². The van der Waals surface area contributed by atoms with Crippen LogP contribution in [-0.2, 0) is 9.53 Å². The molecule has 0 saturated carbocycles. The number of benzene rings is 2. The smallest absolute Gasteiger partial charge is 0.387 e. The van der Waals surface area contributed by atoms with E-state index in [-0.39, 0.29) is 24.5 Å². The van der Waals surface area contributed by atoms with Gasteiger partial charge in [-0.15, -0.1) is 0 Å². The number of nitrogens with one attached hydrogen (secondary N) is 1. The fraction of sp³-hybridized carbons (Fsp3) is 0.222. The molecule has 9 heteroatoms. The van der Waals surface area contributed by atoms with E-state index in [1.165, 1.54) is 24.3 Å². The van der Waals surface area contributed by atoms with E-state index in [1.807, 2.05) is 0 Å². The number of halogens is 3. The van der Waals surface area contributed by atoms with Crippen LogP contribution >= 0.6 is 11.6 Å². The minimum Gasteiger partial charge on any atom is -0.490 e. The van der Waals surface area contributed by atoms with Gasteiger partial charge in [0.1, 0.15) is 31.3 Å². The van der Waals surface area contributed by atoms with E-state index in [9.17, 15) is 18.4 Å². The van der Waals surface area contributed by atoms with Crippen LogP contribution in [0.3, 0.4) is 0 Å². The number of hydrogen-bond acceptors (Lipinski definition) is 5. The second-order valence-electron chi connectivity index (χ2n) is 5.08. The number of hydrogen-bond donors (Lipinski definition) is 1. The highest BCUT2D eigenvalue weighted by Crippen LogP contribution is 2.20. The first-order valence-corrected chi connectivity index (χ1v) is 8.19. The van der Waals surface area contributed by atoms with Crippen molar-refractivity contribution in [3.8, 4) is 11.5 Å². The zero-order chi connectivity index (χ0) is 19.6. The van der Waals surface area contributed by atoms with Crippen molar-refractivity contribution in [3.05, 3.63) is 59.1 Å². The Hall–Kier alpha value is -2.87. The molecule has 1 amide bonds. The van der Waals surface area contributed by atoms with Crippen LogP contribution in [0, 0.1) is 0 Å². The van der Waals surface area contributed by atoms with Crippen molar-refractivity contribution in [2.24, 2.45) is 0 Å².